The number of pyridine rings is 1. The normalized spacial score (nSPS) is 15.6. The van der Waals surface area contributed by atoms with E-state index in [4.69, 9.17) is 21.1 Å². The lowest BCUT2D eigenvalue weighted by Gasteiger charge is -2.20. The molecule has 7 nitrogen and oxygen atoms in total. The Morgan fingerprint density at radius 3 is 2.60 bits per heavy atom. The van der Waals surface area contributed by atoms with Crippen LogP contribution in [0.1, 0.15) is 46.3 Å². The summed E-state index contributed by atoms with van der Waals surface area (Å²) in [5.74, 6) is 0.000675. The van der Waals surface area contributed by atoms with Crippen molar-refractivity contribution in [3.05, 3.63) is 106 Å². The molecule has 1 aromatic heterocycles. The first-order chi connectivity index (χ1) is 20.4. The van der Waals surface area contributed by atoms with Gasteiger partial charge in [0, 0.05) is 31.0 Å². The van der Waals surface area contributed by atoms with Crippen LogP contribution in [0.4, 0.5) is 0 Å². The maximum absolute atomic E-state index is 12.8. The number of halogens is 1. The minimum absolute atomic E-state index is 0.190. The number of aromatic nitrogens is 1. The molecule has 1 aliphatic heterocycles. The van der Waals surface area contributed by atoms with Crippen LogP contribution in [0.15, 0.2) is 79.1 Å². The van der Waals surface area contributed by atoms with Crippen LogP contribution in [0, 0.1) is 6.92 Å². The SMILES string of the molecule is COC(=O)[C@@H]1CCCCNC(=O)c2cncc(c2)-c2cc(OCc3cccc(-c4ccccc4)c3C)c(Cl)cc2CN1. The second-order valence-corrected chi connectivity index (χ2v) is 10.8. The van der Waals surface area contributed by atoms with Crippen LogP contribution in [-0.2, 0) is 22.7 Å². The topological polar surface area (TPSA) is 89.5 Å². The van der Waals surface area contributed by atoms with Gasteiger partial charge in [0.05, 0.1) is 17.7 Å². The zero-order valence-corrected chi connectivity index (χ0v) is 24.5. The molecule has 3 aromatic carbocycles. The highest BCUT2D eigenvalue weighted by Gasteiger charge is 2.21. The first kappa shape index (κ1) is 29.3. The van der Waals surface area contributed by atoms with E-state index in [9.17, 15) is 9.59 Å². The van der Waals surface area contributed by atoms with Crippen molar-refractivity contribution >= 4 is 23.5 Å². The number of fused-ring (bicyclic) bond motifs is 4. The Balaban J connectivity index is 1.48. The third kappa shape index (κ3) is 6.81. The number of hydrogen-bond donors (Lipinski definition) is 2. The summed E-state index contributed by atoms with van der Waals surface area (Å²) in [6.07, 6.45) is 5.35. The van der Waals surface area contributed by atoms with Crippen molar-refractivity contribution in [1.82, 2.24) is 15.6 Å². The number of carbonyl (C=O) groups excluding carboxylic acids is 2. The van der Waals surface area contributed by atoms with E-state index in [1.165, 1.54) is 7.11 Å². The van der Waals surface area contributed by atoms with Gasteiger partial charge in [0.2, 0.25) is 0 Å². The van der Waals surface area contributed by atoms with E-state index < -0.39 is 6.04 Å². The van der Waals surface area contributed by atoms with Crippen LogP contribution in [-0.4, -0.2) is 36.6 Å². The summed E-state index contributed by atoms with van der Waals surface area (Å²) in [4.78, 5) is 29.7. The van der Waals surface area contributed by atoms with Gasteiger partial charge in [-0.2, -0.15) is 0 Å². The van der Waals surface area contributed by atoms with Gasteiger partial charge in [-0.3, -0.25) is 14.6 Å². The third-order valence-corrected chi connectivity index (χ3v) is 7.91. The molecular weight excluding hydrogens is 550 g/mol. The lowest BCUT2D eigenvalue weighted by atomic mass is 9.97. The number of nitrogens with zero attached hydrogens (tertiary/aromatic N) is 1. The summed E-state index contributed by atoms with van der Waals surface area (Å²) >= 11 is 6.78. The van der Waals surface area contributed by atoms with Gasteiger partial charge < -0.3 is 20.1 Å². The van der Waals surface area contributed by atoms with Crippen molar-refractivity contribution < 1.29 is 19.1 Å². The van der Waals surface area contributed by atoms with Crippen molar-refractivity contribution in [2.45, 2.75) is 45.4 Å². The Labute approximate surface area is 251 Å². The molecule has 2 heterocycles. The fraction of sp³-hybridized carbons (Fsp3) is 0.265. The second-order valence-electron chi connectivity index (χ2n) is 10.4. The second kappa shape index (κ2) is 13.6. The van der Waals surface area contributed by atoms with E-state index in [0.29, 0.717) is 42.5 Å². The molecule has 216 valence electrons. The van der Waals surface area contributed by atoms with Crippen molar-refractivity contribution in [3.63, 3.8) is 0 Å². The maximum atomic E-state index is 12.8. The minimum atomic E-state index is -0.486. The van der Waals surface area contributed by atoms with Crippen LogP contribution in [0.5, 0.6) is 5.75 Å². The highest BCUT2D eigenvalue weighted by atomic mass is 35.5. The van der Waals surface area contributed by atoms with Gasteiger partial charge in [0.1, 0.15) is 18.4 Å². The summed E-state index contributed by atoms with van der Waals surface area (Å²) in [5.41, 5.74) is 7.36. The molecule has 0 unspecified atom stereocenters. The lowest BCUT2D eigenvalue weighted by molar-refractivity contribution is -0.143. The van der Waals surface area contributed by atoms with Gasteiger partial charge in [0.15, 0.2) is 0 Å². The van der Waals surface area contributed by atoms with Gasteiger partial charge in [-0.1, -0.05) is 60.1 Å². The molecule has 0 saturated heterocycles. The van der Waals surface area contributed by atoms with Gasteiger partial charge in [-0.15, -0.1) is 0 Å². The highest BCUT2D eigenvalue weighted by molar-refractivity contribution is 6.32. The number of rotatable bonds is 5. The number of hydrogen-bond acceptors (Lipinski definition) is 6. The van der Waals surface area contributed by atoms with Gasteiger partial charge in [0.25, 0.3) is 5.91 Å². The average molecular weight is 584 g/mol. The van der Waals surface area contributed by atoms with Crippen molar-refractivity contribution in [3.8, 4) is 28.0 Å². The fourth-order valence-corrected chi connectivity index (χ4v) is 5.45. The predicted octanol–water partition coefficient (Wildman–Crippen LogP) is 6.50. The molecule has 1 atom stereocenters. The van der Waals surface area contributed by atoms with Crippen LogP contribution in [0.3, 0.4) is 0 Å². The summed E-state index contributed by atoms with van der Waals surface area (Å²) in [6, 6.07) is 21.5. The van der Waals surface area contributed by atoms with Crippen molar-refractivity contribution in [2.24, 2.45) is 0 Å². The van der Waals surface area contributed by atoms with E-state index in [-0.39, 0.29) is 11.9 Å². The summed E-state index contributed by atoms with van der Waals surface area (Å²) in [6.45, 7) is 3.29. The summed E-state index contributed by atoms with van der Waals surface area (Å²) in [5, 5.41) is 6.74. The first-order valence-electron chi connectivity index (χ1n) is 14.1. The highest BCUT2D eigenvalue weighted by Crippen LogP contribution is 2.36. The van der Waals surface area contributed by atoms with Crippen molar-refractivity contribution in [2.75, 3.05) is 13.7 Å². The number of carbonyl (C=O) groups is 2. The molecule has 2 N–H and O–H groups in total. The first-order valence-corrected chi connectivity index (χ1v) is 14.5. The molecule has 0 aliphatic carbocycles. The zero-order chi connectivity index (χ0) is 29.5. The number of amides is 1. The standard InChI is InChI=1S/C34H34ClN3O4/c1-22-24(11-8-12-28(22)23-9-4-3-5-10-23)21-42-32-17-29-25-15-27(19-36-18-25)33(39)37-14-7-6-13-31(34(40)41-2)38-20-26(29)16-30(32)35/h3-5,8-12,15-19,31,38H,6-7,13-14,20-21H2,1-2H3,(H,37,39)/t31-/m0/s1. The number of esters is 1. The van der Waals surface area contributed by atoms with E-state index in [0.717, 1.165) is 51.8 Å². The fourth-order valence-electron chi connectivity index (χ4n) is 5.21. The van der Waals surface area contributed by atoms with E-state index in [1.54, 1.807) is 12.4 Å². The molecule has 2 bridgehead atoms. The monoisotopic (exact) mass is 583 g/mol. The Bertz CT molecular complexity index is 1570. The minimum Gasteiger partial charge on any atom is -0.487 e. The summed E-state index contributed by atoms with van der Waals surface area (Å²) in [7, 11) is 1.39. The summed E-state index contributed by atoms with van der Waals surface area (Å²) < 4.78 is 11.3. The Morgan fingerprint density at radius 1 is 0.976 bits per heavy atom. The number of ether oxygens (including phenoxy) is 2. The molecule has 5 rings (SSSR count). The van der Waals surface area contributed by atoms with Crippen LogP contribution in [0.2, 0.25) is 5.02 Å². The van der Waals surface area contributed by atoms with Crippen molar-refractivity contribution in [1.29, 1.82) is 0 Å². The average Bonchev–Trinajstić information content (AvgIpc) is 3.02. The molecule has 0 spiro atoms. The molecule has 42 heavy (non-hydrogen) atoms. The van der Waals surface area contributed by atoms with E-state index >= 15 is 0 Å². The predicted molar refractivity (Wildman–Crippen MR) is 164 cm³/mol. The Kier molecular flexibility index (Phi) is 9.52. The number of benzene rings is 3. The van der Waals surface area contributed by atoms with E-state index in [1.807, 2.05) is 42.5 Å². The molecule has 0 fully saturated rings. The number of nitrogens with one attached hydrogen (secondary N) is 2. The lowest BCUT2D eigenvalue weighted by Crippen LogP contribution is -2.37. The molecule has 8 heteroatoms. The molecule has 0 saturated carbocycles. The van der Waals surface area contributed by atoms with Gasteiger partial charge >= 0.3 is 5.97 Å². The number of methoxy groups -OCH3 is 1. The molecule has 0 radical (unpaired) electrons. The quantitative estimate of drug-likeness (QED) is 0.261. The largest absolute Gasteiger partial charge is 0.487 e. The van der Waals surface area contributed by atoms with E-state index in [2.05, 4.69) is 46.8 Å². The molecule has 4 aromatic rings. The maximum Gasteiger partial charge on any atom is 0.322 e. The molecular formula is C34H34ClN3O4. The van der Waals surface area contributed by atoms with Gasteiger partial charge in [-0.25, -0.2) is 0 Å². The smallest absolute Gasteiger partial charge is 0.322 e. The van der Waals surface area contributed by atoms with Crippen LogP contribution < -0.4 is 15.4 Å². The zero-order valence-electron chi connectivity index (χ0n) is 23.8. The van der Waals surface area contributed by atoms with Crippen LogP contribution in [0.25, 0.3) is 22.3 Å². The molecule has 1 aliphatic rings. The van der Waals surface area contributed by atoms with Crippen LogP contribution >= 0.6 is 11.6 Å². The molecule has 1 amide bonds. The third-order valence-electron chi connectivity index (χ3n) is 7.61. The Morgan fingerprint density at radius 2 is 1.79 bits per heavy atom. The van der Waals surface area contributed by atoms with Gasteiger partial charge in [-0.05, 0) is 77.8 Å². The Hall–Kier alpha value is -4.20.